The van der Waals surface area contributed by atoms with Gasteiger partial charge >= 0.3 is 0 Å². The van der Waals surface area contributed by atoms with Crippen molar-refractivity contribution in [2.75, 3.05) is 26.2 Å². The van der Waals surface area contributed by atoms with Crippen LogP contribution in [0.2, 0.25) is 0 Å². The maximum absolute atomic E-state index is 12.8. The summed E-state index contributed by atoms with van der Waals surface area (Å²) in [5, 5.41) is 9.22. The zero-order valence-corrected chi connectivity index (χ0v) is 13.5. The van der Waals surface area contributed by atoms with Crippen LogP contribution in [-0.4, -0.2) is 57.9 Å². The Morgan fingerprint density at radius 2 is 1.96 bits per heavy atom. The molecule has 0 saturated carbocycles. The summed E-state index contributed by atoms with van der Waals surface area (Å²) >= 11 is 0. The molecule has 0 atom stereocenters. The second-order valence-electron chi connectivity index (χ2n) is 6.43. The van der Waals surface area contributed by atoms with E-state index in [-0.39, 0.29) is 18.4 Å². The fourth-order valence-corrected chi connectivity index (χ4v) is 3.44. The number of likely N-dealkylation sites (tertiary alicyclic amines) is 1. The van der Waals surface area contributed by atoms with Gasteiger partial charge in [-0.15, -0.1) is 0 Å². The third-order valence-corrected chi connectivity index (χ3v) is 4.98. The number of aromatic nitrogens is 1. The number of amides is 2. The van der Waals surface area contributed by atoms with Gasteiger partial charge in [0.25, 0.3) is 5.91 Å². The third kappa shape index (κ3) is 3.22. The molecule has 6 nitrogen and oxygen atoms in total. The van der Waals surface area contributed by atoms with Gasteiger partial charge in [0.15, 0.2) is 0 Å². The first-order chi connectivity index (χ1) is 11.1. The van der Waals surface area contributed by atoms with Gasteiger partial charge in [-0.2, -0.15) is 0 Å². The first-order valence-electron chi connectivity index (χ1n) is 8.21. The van der Waals surface area contributed by atoms with E-state index >= 15 is 0 Å². The third-order valence-electron chi connectivity index (χ3n) is 4.98. The number of piperidine rings is 1. The van der Waals surface area contributed by atoms with E-state index in [0.717, 1.165) is 24.0 Å². The molecule has 23 heavy (non-hydrogen) atoms. The molecule has 0 unspecified atom stereocenters. The van der Waals surface area contributed by atoms with Crippen LogP contribution < -0.4 is 0 Å². The molecule has 0 bridgehead atoms. The number of carbonyl (C=O) groups excluding carboxylic acids is 2. The van der Waals surface area contributed by atoms with Crippen LogP contribution in [0.25, 0.3) is 0 Å². The normalized spacial score (nSPS) is 18.7. The van der Waals surface area contributed by atoms with Gasteiger partial charge in [-0.25, -0.2) is 0 Å². The quantitative estimate of drug-likeness (QED) is 0.877. The van der Waals surface area contributed by atoms with Crippen LogP contribution in [-0.2, 0) is 17.8 Å². The number of carbonyl (C=O) groups is 2. The summed E-state index contributed by atoms with van der Waals surface area (Å²) in [6.07, 6.45) is 5.82. The number of hydrogen-bond acceptors (Lipinski definition) is 4. The Morgan fingerprint density at radius 1 is 1.22 bits per heavy atom. The van der Waals surface area contributed by atoms with E-state index in [4.69, 9.17) is 0 Å². The monoisotopic (exact) mass is 317 g/mol. The predicted molar refractivity (Wildman–Crippen MR) is 84.7 cm³/mol. The van der Waals surface area contributed by atoms with Gasteiger partial charge in [-0.05, 0) is 36.3 Å². The van der Waals surface area contributed by atoms with E-state index in [2.05, 4.69) is 4.98 Å². The number of aliphatic hydroxyl groups is 1. The number of pyridine rings is 1. The van der Waals surface area contributed by atoms with E-state index in [9.17, 15) is 14.7 Å². The number of nitrogens with zero attached hydrogens (tertiary/aromatic N) is 3. The summed E-state index contributed by atoms with van der Waals surface area (Å²) in [6.45, 7) is 4.33. The minimum atomic E-state index is 0.0296. The fourth-order valence-electron chi connectivity index (χ4n) is 3.44. The van der Waals surface area contributed by atoms with Crippen molar-refractivity contribution >= 4 is 11.8 Å². The number of fused-ring (bicyclic) bond motifs is 1. The number of hydrogen-bond donors (Lipinski definition) is 1. The molecule has 1 aromatic rings. The lowest BCUT2D eigenvalue weighted by Gasteiger charge is -2.33. The van der Waals surface area contributed by atoms with Crippen LogP contribution in [0.5, 0.6) is 0 Å². The molecular weight excluding hydrogens is 294 g/mol. The highest BCUT2D eigenvalue weighted by Crippen LogP contribution is 2.24. The molecular formula is C17H23N3O3. The SMILES string of the molecule is CC(=O)N1CCc2c(cncc2C(=O)N2CCC(CO)CC2)C1. The Kier molecular flexibility index (Phi) is 4.61. The Balaban J connectivity index is 1.78. The molecule has 0 radical (unpaired) electrons. The minimum Gasteiger partial charge on any atom is -0.396 e. The second-order valence-corrected chi connectivity index (χ2v) is 6.43. The van der Waals surface area contributed by atoms with Crippen molar-refractivity contribution in [1.29, 1.82) is 0 Å². The van der Waals surface area contributed by atoms with Gasteiger partial charge in [0, 0.05) is 52.1 Å². The average Bonchev–Trinajstić information content (AvgIpc) is 2.60. The lowest BCUT2D eigenvalue weighted by molar-refractivity contribution is -0.129. The maximum atomic E-state index is 12.8. The van der Waals surface area contributed by atoms with Crippen molar-refractivity contribution < 1.29 is 14.7 Å². The van der Waals surface area contributed by atoms with Gasteiger partial charge in [0.2, 0.25) is 5.91 Å². The molecule has 2 aliphatic heterocycles. The molecule has 1 saturated heterocycles. The second kappa shape index (κ2) is 6.66. The van der Waals surface area contributed by atoms with Gasteiger partial charge < -0.3 is 14.9 Å². The molecule has 1 N–H and O–H groups in total. The summed E-state index contributed by atoms with van der Waals surface area (Å²) in [5.74, 6) is 0.395. The standard InChI is InChI=1S/C17H23N3O3/c1-12(22)20-7-4-15-14(10-20)8-18-9-16(15)17(23)19-5-2-13(11-21)3-6-19/h8-9,13,21H,2-7,10-11H2,1H3. The highest BCUT2D eigenvalue weighted by Gasteiger charge is 2.28. The van der Waals surface area contributed by atoms with Crippen molar-refractivity contribution in [3.63, 3.8) is 0 Å². The van der Waals surface area contributed by atoms with Crippen LogP contribution in [0.1, 0.15) is 41.3 Å². The predicted octanol–water partition coefficient (Wildman–Crippen LogP) is 0.831. The van der Waals surface area contributed by atoms with Crippen molar-refractivity contribution in [2.24, 2.45) is 5.92 Å². The summed E-state index contributed by atoms with van der Waals surface area (Å²) in [4.78, 5) is 32.2. The summed E-state index contributed by atoms with van der Waals surface area (Å²) in [6, 6.07) is 0. The van der Waals surface area contributed by atoms with E-state index in [0.29, 0.717) is 44.1 Å². The Hall–Kier alpha value is -1.95. The lowest BCUT2D eigenvalue weighted by Crippen LogP contribution is -2.41. The van der Waals surface area contributed by atoms with Gasteiger partial charge in [0.1, 0.15) is 0 Å². The Bertz CT molecular complexity index is 609. The minimum absolute atomic E-state index is 0.0296. The summed E-state index contributed by atoms with van der Waals surface area (Å²) in [5.41, 5.74) is 2.68. The first kappa shape index (κ1) is 15.9. The zero-order chi connectivity index (χ0) is 16.4. The van der Waals surface area contributed by atoms with E-state index in [1.165, 1.54) is 0 Å². The molecule has 2 aliphatic rings. The molecule has 2 amide bonds. The van der Waals surface area contributed by atoms with Crippen molar-refractivity contribution in [1.82, 2.24) is 14.8 Å². The fraction of sp³-hybridized carbons (Fsp3) is 0.588. The molecule has 0 spiro atoms. The largest absolute Gasteiger partial charge is 0.396 e. The topological polar surface area (TPSA) is 73.7 Å². The van der Waals surface area contributed by atoms with Crippen molar-refractivity contribution in [3.8, 4) is 0 Å². The van der Waals surface area contributed by atoms with E-state index in [1.54, 1.807) is 24.2 Å². The summed E-state index contributed by atoms with van der Waals surface area (Å²) < 4.78 is 0. The van der Waals surface area contributed by atoms with Crippen LogP contribution in [0, 0.1) is 5.92 Å². The highest BCUT2D eigenvalue weighted by atomic mass is 16.3. The van der Waals surface area contributed by atoms with E-state index < -0.39 is 0 Å². The highest BCUT2D eigenvalue weighted by molar-refractivity contribution is 5.96. The number of rotatable bonds is 2. The van der Waals surface area contributed by atoms with E-state index in [1.807, 2.05) is 4.90 Å². The molecule has 6 heteroatoms. The lowest BCUT2D eigenvalue weighted by atomic mass is 9.94. The maximum Gasteiger partial charge on any atom is 0.255 e. The first-order valence-corrected chi connectivity index (χ1v) is 8.21. The average molecular weight is 317 g/mol. The van der Waals surface area contributed by atoms with Gasteiger partial charge in [-0.1, -0.05) is 0 Å². The van der Waals surface area contributed by atoms with Crippen molar-refractivity contribution in [2.45, 2.75) is 32.7 Å². The molecule has 0 aliphatic carbocycles. The molecule has 3 rings (SSSR count). The molecule has 1 aromatic heterocycles. The smallest absolute Gasteiger partial charge is 0.255 e. The van der Waals surface area contributed by atoms with Gasteiger partial charge in [-0.3, -0.25) is 14.6 Å². The Labute approximate surface area is 136 Å². The molecule has 0 aromatic carbocycles. The van der Waals surface area contributed by atoms with Crippen molar-refractivity contribution in [3.05, 3.63) is 29.1 Å². The van der Waals surface area contributed by atoms with Crippen LogP contribution in [0.3, 0.4) is 0 Å². The van der Waals surface area contributed by atoms with Crippen LogP contribution >= 0.6 is 0 Å². The molecule has 124 valence electrons. The van der Waals surface area contributed by atoms with Gasteiger partial charge in [0.05, 0.1) is 5.56 Å². The molecule has 3 heterocycles. The number of aliphatic hydroxyl groups excluding tert-OH is 1. The van der Waals surface area contributed by atoms with Crippen LogP contribution in [0.15, 0.2) is 12.4 Å². The Morgan fingerprint density at radius 3 is 2.61 bits per heavy atom. The zero-order valence-electron chi connectivity index (χ0n) is 13.5. The van der Waals surface area contributed by atoms with Crippen LogP contribution in [0.4, 0.5) is 0 Å². The summed E-state index contributed by atoms with van der Waals surface area (Å²) in [7, 11) is 0. The molecule has 1 fully saturated rings.